The van der Waals surface area contributed by atoms with Crippen LogP contribution in [0.25, 0.3) is 16.0 Å². The highest BCUT2D eigenvalue weighted by Gasteiger charge is 2.48. The number of Topliss-reactive ketones (excluding diaryl/α,β-unsaturated/α-hetero) is 1. The number of aryl methyl sites for hydroxylation is 1. The van der Waals surface area contributed by atoms with Crippen LogP contribution in [0, 0.1) is 0 Å². The number of aromatic nitrogens is 1. The zero-order valence-electron chi connectivity index (χ0n) is 19.9. The number of benzene rings is 3. The van der Waals surface area contributed by atoms with E-state index in [9.17, 15) is 19.5 Å². The van der Waals surface area contributed by atoms with Crippen molar-refractivity contribution in [1.82, 2.24) is 4.98 Å². The van der Waals surface area contributed by atoms with Gasteiger partial charge in [0, 0.05) is 10.6 Å². The Kier molecular flexibility index (Phi) is 6.54. The van der Waals surface area contributed by atoms with E-state index in [0.29, 0.717) is 32.4 Å². The van der Waals surface area contributed by atoms with Gasteiger partial charge in [0.05, 0.1) is 34.5 Å². The number of amides is 1. The summed E-state index contributed by atoms with van der Waals surface area (Å²) in [6.45, 7) is 2.05. The summed E-state index contributed by atoms with van der Waals surface area (Å²) in [6, 6.07) is 17.6. The monoisotopic (exact) mass is 532 g/mol. The summed E-state index contributed by atoms with van der Waals surface area (Å²) in [5.74, 6) is -2.47. The normalized spacial score (nSPS) is 16.9. The average molecular weight is 533 g/mol. The molecule has 0 unspecified atom stereocenters. The largest absolute Gasteiger partial charge is 0.507 e. The highest BCUT2D eigenvalue weighted by Crippen LogP contribution is 2.44. The zero-order chi connectivity index (χ0) is 26.3. The fraction of sp³-hybridized carbons (Fsp3) is 0.143. The Morgan fingerprint density at radius 2 is 1.73 bits per heavy atom. The number of esters is 1. The lowest BCUT2D eigenvalue weighted by atomic mass is 9.95. The van der Waals surface area contributed by atoms with Crippen LogP contribution in [0.15, 0.2) is 72.3 Å². The third-order valence-corrected chi connectivity index (χ3v) is 7.53. The van der Waals surface area contributed by atoms with E-state index >= 15 is 0 Å². The summed E-state index contributed by atoms with van der Waals surface area (Å²) in [6.07, 6.45) is 0.849. The van der Waals surface area contributed by atoms with Crippen LogP contribution in [0.2, 0.25) is 5.02 Å². The van der Waals surface area contributed by atoms with E-state index in [1.807, 2.05) is 18.2 Å². The van der Waals surface area contributed by atoms with E-state index in [0.717, 1.165) is 16.7 Å². The molecule has 1 fully saturated rings. The topological polar surface area (TPSA) is 96.8 Å². The van der Waals surface area contributed by atoms with Crippen LogP contribution < -0.4 is 4.90 Å². The van der Waals surface area contributed by atoms with Gasteiger partial charge in [-0.15, -0.1) is 0 Å². The molecule has 1 N–H and O–H groups in total. The predicted octanol–water partition coefficient (Wildman–Crippen LogP) is 5.93. The van der Waals surface area contributed by atoms with E-state index in [4.69, 9.17) is 16.3 Å². The van der Waals surface area contributed by atoms with Crippen molar-refractivity contribution < 1.29 is 24.2 Å². The molecular weight excluding hydrogens is 512 g/mol. The first-order valence-corrected chi connectivity index (χ1v) is 12.7. The van der Waals surface area contributed by atoms with E-state index in [1.54, 1.807) is 48.5 Å². The number of thiazole rings is 1. The van der Waals surface area contributed by atoms with Gasteiger partial charge in [0.15, 0.2) is 5.13 Å². The molecular formula is C28H21ClN2O5S. The highest BCUT2D eigenvalue weighted by atomic mass is 35.5. The Morgan fingerprint density at radius 3 is 2.38 bits per heavy atom. The first-order chi connectivity index (χ1) is 17.8. The number of methoxy groups -OCH3 is 1. The number of ketones is 1. The number of rotatable bonds is 5. The third kappa shape index (κ3) is 4.39. The van der Waals surface area contributed by atoms with Gasteiger partial charge in [-0.05, 0) is 66.1 Å². The van der Waals surface area contributed by atoms with E-state index in [1.165, 1.54) is 23.3 Å². The van der Waals surface area contributed by atoms with Crippen molar-refractivity contribution in [1.29, 1.82) is 0 Å². The molecule has 1 aliphatic heterocycles. The third-order valence-electron chi connectivity index (χ3n) is 6.27. The van der Waals surface area contributed by atoms with Crippen LogP contribution in [0.5, 0.6) is 0 Å². The van der Waals surface area contributed by atoms with Gasteiger partial charge in [-0.3, -0.25) is 14.5 Å². The lowest BCUT2D eigenvalue weighted by Crippen LogP contribution is -2.29. The number of nitrogens with zero attached hydrogens (tertiary/aromatic N) is 2. The second-order valence-corrected chi connectivity index (χ2v) is 9.89. The molecule has 9 heteroatoms. The molecule has 2 heterocycles. The number of fused-ring (bicyclic) bond motifs is 1. The van der Waals surface area contributed by atoms with Gasteiger partial charge in [-0.2, -0.15) is 0 Å². The van der Waals surface area contributed by atoms with Crippen LogP contribution in [-0.4, -0.2) is 34.9 Å². The van der Waals surface area contributed by atoms with Crippen molar-refractivity contribution in [2.45, 2.75) is 19.4 Å². The van der Waals surface area contributed by atoms with Gasteiger partial charge < -0.3 is 9.84 Å². The minimum atomic E-state index is -0.964. The molecule has 1 amide bonds. The smallest absolute Gasteiger partial charge is 0.337 e. The van der Waals surface area contributed by atoms with E-state index in [2.05, 4.69) is 11.9 Å². The first kappa shape index (κ1) is 24.7. The summed E-state index contributed by atoms with van der Waals surface area (Å²) in [4.78, 5) is 44.7. The van der Waals surface area contributed by atoms with Crippen LogP contribution in [0.3, 0.4) is 0 Å². The fourth-order valence-electron chi connectivity index (χ4n) is 4.31. The first-order valence-electron chi connectivity index (χ1n) is 11.5. The Balaban J connectivity index is 1.70. The van der Waals surface area contributed by atoms with E-state index < -0.39 is 23.7 Å². The molecule has 1 saturated heterocycles. The zero-order valence-corrected chi connectivity index (χ0v) is 21.5. The number of anilines is 1. The number of carbonyl (C=O) groups excluding carboxylic acids is 3. The molecule has 1 aromatic heterocycles. The Hall–Kier alpha value is -4.01. The summed E-state index contributed by atoms with van der Waals surface area (Å²) in [7, 11) is 1.29. The van der Waals surface area contributed by atoms with Gasteiger partial charge in [-0.25, -0.2) is 9.78 Å². The Morgan fingerprint density at radius 1 is 1.05 bits per heavy atom. The molecule has 1 aliphatic rings. The SMILES string of the molecule is CCc1ccc2nc(N3C(=O)C(=O)C(=C(O)c4ccc(Cl)cc4)[C@@H]3c3ccc(C(=O)OC)cc3)sc2c1. The molecule has 7 nitrogen and oxygen atoms in total. The minimum absolute atomic E-state index is 0.0772. The van der Waals surface area contributed by atoms with Gasteiger partial charge in [0.1, 0.15) is 5.76 Å². The minimum Gasteiger partial charge on any atom is -0.507 e. The molecule has 0 spiro atoms. The Bertz CT molecular complexity index is 1570. The number of carbonyl (C=O) groups is 3. The van der Waals surface area contributed by atoms with Crippen molar-refractivity contribution in [2.24, 2.45) is 0 Å². The molecule has 0 radical (unpaired) electrons. The standard InChI is InChI=1S/C28H21ClN2O5S/c1-3-15-4-13-20-21(14-15)37-28(30-20)31-23(16-5-7-18(8-6-16)27(35)36-2)22(25(33)26(31)34)24(32)17-9-11-19(29)12-10-17/h4-14,23,32H,3H2,1-2H3/t23-/m0/s1. The number of halogens is 1. The van der Waals surface area contributed by atoms with Gasteiger partial charge >= 0.3 is 11.9 Å². The molecule has 0 aliphatic carbocycles. The lowest BCUT2D eigenvalue weighted by Gasteiger charge is -2.23. The number of hydrogen-bond acceptors (Lipinski definition) is 7. The highest BCUT2D eigenvalue weighted by molar-refractivity contribution is 7.22. The molecule has 0 saturated carbocycles. The van der Waals surface area contributed by atoms with E-state index in [-0.39, 0.29) is 11.3 Å². The van der Waals surface area contributed by atoms with Crippen molar-refractivity contribution in [3.8, 4) is 0 Å². The summed E-state index contributed by atoms with van der Waals surface area (Å²) in [5.41, 5.74) is 2.94. The van der Waals surface area contributed by atoms with Crippen molar-refractivity contribution in [3.05, 3.63) is 99.6 Å². The number of ether oxygens (including phenoxy) is 1. The number of aliphatic hydroxyl groups is 1. The maximum Gasteiger partial charge on any atom is 0.337 e. The fourth-order valence-corrected chi connectivity index (χ4v) is 5.49. The maximum atomic E-state index is 13.4. The average Bonchev–Trinajstić information content (AvgIpc) is 3.45. The summed E-state index contributed by atoms with van der Waals surface area (Å²) in [5, 5.41) is 12.0. The maximum absolute atomic E-state index is 13.4. The van der Waals surface area contributed by atoms with Crippen molar-refractivity contribution >= 4 is 61.7 Å². The van der Waals surface area contributed by atoms with Gasteiger partial charge in [-0.1, -0.05) is 48.1 Å². The van der Waals surface area contributed by atoms with Crippen molar-refractivity contribution in [3.63, 3.8) is 0 Å². The number of aliphatic hydroxyl groups excluding tert-OH is 1. The molecule has 1 atom stereocenters. The molecule has 5 rings (SSSR count). The van der Waals surface area contributed by atoms with Crippen molar-refractivity contribution in [2.75, 3.05) is 12.0 Å². The molecule has 186 valence electrons. The molecule has 37 heavy (non-hydrogen) atoms. The molecule has 0 bridgehead atoms. The van der Waals surface area contributed by atoms with Crippen LogP contribution in [-0.2, 0) is 20.7 Å². The van der Waals surface area contributed by atoms with Gasteiger partial charge in [0.25, 0.3) is 5.78 Å². The second kappa shape index (κ2) is 9.80. The quantitative estimate of drug-likeness (QED) is 0.148. The summed E-state index contributed by atoms with van der Waals surface area (Å²) < 4.78 is 5.66. The van der Waals surface area contributed by atoms with Crippen LogP contribution in [0.4, 0.5) is 5.13 Å². The lowest BCUT2D eigenvalue weighted by molar-refractivity contribution is -0.132. The summed E-state index contributed by atoms with van der Waals surface area (Å²) >= 11 is 7.29. The Labute approximate surface area is 221 Å². The number of hydrogen-bond donors (Lipinski definition) is 1. The molecule has 3 aromatic carbocycles. The second-order valence-electron chi connectivity index (χ2n) is 8.44. The van der Waals surface area contributed by atoms with Crippen LogP contribution >= 0.6 is 22.9 Å². The predicted molar refractivity (Wildman–Crippen MR) is 143 cm³/mol. The molecule has 4 aromatic rings. The van der Waals surface area contributed by atoms with Gasteiger partial charge in [0.2, 0.25) is 0 Å². The van der Waals surface area contributed by atoms with Crippen LogP contribution in [0.1, 0.15) is 40.0 Å².